The van der Waals surface area contributed by atoms with Gasteiger partial charge in [0.05, 0.1) is 15.4 Å². The minimum atomic E-state index is -0.391. The largest absolute Gasteiger partial charge is 0.304 e. The first-order valence-electron chi connectivity index (χ1n) is 5.64. The van der Waals surface area contributed by atoms with Crippen LogP contribution in [0.1, 0.15) is 23.5 Å². The van der Waals surface area contributed by atoms with E-state index in [1.165, 1.54) is 6.07 Å². The maximum atomic E-state index is 10.8. The molecule has 1 atom stereocenters. The summed E-state index contributed by atoms with van der Waals surface area (Å²) in [6, 6.07) is 5.15. The topological polar surface area (TPSA) is 68.1 Å². The van der Waals surface area contributed by atoms with E-state index in [1.807, 2.05) is 18.4 Å². The van der Waals surface area contributed by atoms with E-state index in [-0.39, 0.29) is 11.7 Å². The summed E-state index contributed by atoms with van der Waals surface area (Å²) in [7, 11) is 0. The molecule has 0 aliphatic heterocycles. The van der Waals surface area contributed by atoms with Crippen molar-refractivity contribution < 1.29 is 4.92 Å². The van der Waals surface area contributed by atoms with E-state index in [0.717, 1.165) is 10.6 Å². The molecule has 1 heterocycles. The molecule has 0 aliphatic carbocycles. The van der Waals surface area contributed by atoms with Gasteiger partial charge in [-0.2, -0.15) is 0 Å². The molecule has 19 heavy (non-hydrogen) atoms. The normalized spacial score (nSPS) is 12.3. The fourth-order valence-corrected chi connectivity index (χ4v) is 2.86. The Kier molecular flexibility index (Phi) is 4.62. The van der Waals surface area contributed by atoms with Crippen LogP contribution < -0.4 is 5.32 Å². The summed E-state index contributed by atoms with van der Waals surface area (Å²) in [4.78, 5) is 14.7. The number of nitro benzene ring substituents is 1. The average Bonchev–Trinajstić information content (AvgIpc) is 2.90. The van der Waals surface area contributed by atoms with Gasteiger partial charge >= 0.3 is 0 Å². The maximum Gasteiger partial charge on any atom is 0.283 e. The lowest BCUT2D eigenvalue weighted by Gasteiger charge is -2.12. The van der Waals surface area contributed by atoms with Crippen molar-refractivity contribution in [2.75, 3.05) is 0 Å². The second-order valence-corrected chi connectivity index (χ2v) is 5.70. The SMILES string of the molecule is CC(NCc1cccc([N+](=O)[O-])c1Br)c1nccs1. The van der Waals surface area contributed by atoms with E-state index in [0.29, 0.717) is 11.0 Å². The highest BCUT2D eigenvalue weighted by molar-refractivity contribution is 9.10. The van der Waals surface area contributed by atoms with Crippen molar-refractivity contribution in [1.82, 2.24) is 10.3 Å². The van der Waals surface area contributed by atoms with Crippen molar-refractivity contribution in [2.24, 2.45) is 0 Å². The summed E-state index contributed by atoms with van der Waals surface area (Å²) < 4.78 is 0.527. The van der Waals surface area contributed by atoms with E-state index >= 15 is 0 Å². The quantitative estimate of drug-likeness (QED) is 0.665. The lowest BCUT2D eigenvalue weighted by atomic mass is 10.2. The highest BCUT2D eigenvalue weighted by Crippen LogP contribution is 2.28. The summed E-state index contributed by atoms with van der Waals surface area (Å²) in [5.41, 5.74) is 0.943. The molecule has 0 fully saturated rings. The van der Waals surface area contributed by atoms with Gasteiger partial charge in [-0.05, 0) is 28.4 Å². The number of nitrogens with one attached hydrogen (secondary N) is 1. The Hall–Kier alpha value is -1.31. The second-order valence-electron chi connectivity index (χ2n) is 3.98. The Morgan fingerprint density at radius 2 is 2.37 bits per heavy atom. The van der Waals surface area contributed by atoms with E-state index in [4.69, 9.17) is 0 Å². The molecule has 100 valence electrons. The Morgan fingerprint density at radius 1 is 1.58 bits per heavy atom. The van der Waals surface area contributed by atoms with Crippen molar-refractivity contribution >= 4 is 33.0 Å². The minimum Gasteiger partial charge on any atom is -0.304 e. The van der Waals surface area contributed by atoms with Crippen molar-refractivity contribution in [2.45, 2.75) is 19.5 Å². The van der Waals surface area contributed by atoms with Crippen molar-refractivity contribution in [3.63, 3.8) is 0 Å². The first-order chi connectivity index (χ1) is 9.09. The number of nitrogens with zero attached hydrogens (tertiary/aromatic N) is 2. The molecule has 2 aromatic rings. The first-order valence-corrected chi connectivity index (χ1v) is 7.31. The number of rotatable bonds is 5. The van der Waals surface area contributed by atoms with Crippen LogP contribution in [0.3, 0.4) is 0 Å². The number of aromatic nitrogens is 1. The van der Waals surface area contributed by atoms with Gasteiger partial charge in [0.2, 0.25) is 0 Å². The molecule has 0 bridgehead atoms. The highest BCUT2D eigenvalue weighted by Gasteiger charge is 2.15. The number of nitro groups is 1. The molecule has 0 aliphatic rings. The number of benzene rings is 1. The van der Waals surface area contributed by atoms with Gasteiger partial charge in [-0.3, -0.25) is 10.1 Å². The lowest BCUT2D eigenvalue weighted by Crippen LogP contribution is -2.18. The lowest BCUT2D eigenvalue weighted by molar-refractivity contribution is -0.385. The van der Waals surface area contributed by atoms with E-state index in [2.05, 4.69) is 26.2 Å². The van der Waals surface area contributed by atoms with Gasteiger partial charge in [-0.1, -0.05) is 12.1 Å². The Bertz CT molecular complexity index is 574. The van der Waals surface area contributed by atoms with Crippen LogP contribution in [-0.4, -0.2) is 9.91 Å². The second kappa shape index (κ2) is 6.23. The van der Waals surface area contributed by atoms with E-state index < -0.39 is 4.92 Å². The fourth-order valence-electron chi connectivity index (χ4n) is 1.64. The van der Waals surface area contributed by atoms with Crippen LogP contribution in [0.2, 0.25) is 0 Å². The molecular formula is C12H12BrN3O2S. The Balaban J connectivity index is 2.08. The molecule has 5 nitrogen and oxygen atoms in total. The standard InChI is InChI=1S/C12H12BrN3O2S/c1-8(12-14-5-6-19-12)15-7-9-3-2-4-10(11(9)13)16(17)18/h2-6,8,15H,7H2,1H3. The average molecular weight is 342 g/mol. The van der Waals surface area contributed by atoms with Crippen LogP contribution in [0.5, 0.6) is 0 Å². The van der Waals surface area contributed by atoms with Crippen molar-refractivity contribution in [3.8, 4) is 0 Å². The zero-order chi connectivity index (χ0) is 13.8. The predicted octanol–water partition coefficient (Wildman–Crippen LogP) is 3.66. The molecule has 1 N–H and O–H groups in total. The molecule has 0 radical (unpaired) electrons. The van der Waals surface area contributed by atoms with Gasteiger partial charge in [0.15, 0.2) is 0 Å². The fraction of sp³-hybridized carbons (Fsp3) is 0.250. The third-order valence-electron chi connectivity index (χ3n) is 2.68. The van der Waals surface area contributed by atoms with E-state index in [1.54, 1.807) is 23.6 Å². The zero-order valence-corrected chi connectivity index (χ0v) is 12.6. The number of hydrogen-bond donors (Lipinski definition) is 1. The van der Waals surface area contributed by atoms with E-state index in [9.17, 15) is 10.1 Å². The smallest absolute Gasteiger partial charge is 0.283 e. The molecule has 1 aromatic carbocycles. The van der Waals surface area contributed by atoms with Gasteiger partial charge in [0.25, 0.3) is 5.69 Å². The maximum absolute atomic E-state index is 10.8. The number of hydrogen-bond acceptors (Lipinski definition) is 5. The third kappa shape index (κ3) is 3.37. The van der Waals surface area contributed by atoms with Crippen molar-refractivity contribution in [1.29, 1.82) is 0 Å². The summed E-state index contributed by atoms with van der Waals surface area (Å²) in [6.45, 7) is 2.56. The first kappa shape index (κ1) is 14.1. The summed E-state index contributed by atoms with van der Waals surface area (Å²) in [5.74, 6) is 0. The third-order valence-corrected chi connectivity index (χ3v) is 4.55. The zero-order valence-electron chi connectivity index (χ0n) is 10.2. The molecule has 1 aromatic heterocycles. The number of thiazole rings is 1. The van der Waals surface area contributed by atoms with Crippen LogP contribution in [-0.2, 0) is 6.54 Å². The Labute approximate surface area is 123 Å². The molecule has 0 amide bonds. The Morgan fingerprint density at radius 3 is 3.00 bits per heavy atom. The van der Waals surface area contributed by atoms with Crippen LogP contribution in [0, 0.1) is 10.1 Å². The van der Waals surface area contributed by atoms with Crippen molar-refractivity contribution in [3.05, 3.63) is 54.9 Å². The van der Waals surface area contributed by atoms with Gasteiger partial charge in [-0.15, -0.1) is 11.3 Å². The van der Waals surface area contributed by atoms with Crippen LogP contribution in [0.15, 0.2) is 34.2 Å². The van der Waals surface area contributed by atoms with Crippen LogP contribution in [0.25, 0.3) is 0 Å². The van der Waals surface area contributed by atoms with Crippen LogP contribution >= 0.6 is 27.3 Å². The highest BCUT2D eigenvalue weighted by atomic mass is 79.9. The molecular weight excluding hydrogens is 330 g/mol. The summed E-state index contributed by atoms with van der Waals surface area (Å²) in [6.07, 6.45) is 1.77. The minimum absolute atomic E-state index is 0.0844. The number of halogens is 1. The van der Waals surface area contributed by atoms with Gasteiger partial charge in [0.1, 0.15) is 5.01 Å². The van der Waals surface area contributed by atoms with Crippen LogP contribution in [0.4, 0.5) is 5.69 Å². The molecule has 0 saturated heterocycles. The molecule has 0 spiro atoms. The molecule has 2 rings (SSSR count). The van der Waals surface area contributed by atoms with Gasteiger partial charge in [0, 0.05) is 24.2 Å². The van der Waals surface area contributed by atoms with Gasteiger partial charge in [-0.25, -0.2) is 4.98 Å². The molecule has 0 saturated carbocycles. The summed E-state index contributed by atoms with van der Waals surface area (Å²) >= 11 is 4.87. The van der Waals surface area contributed by atoms with Gasteiger partial charge < -0.3 is 5.32 Å². The predicted molar refractivity (Wildman–Crippen MR) is 78.2 cm³/mol. The molecule has 7 heteroatoms. The monoisotopic (exact) mass is 341 g/mol. The molecule has 1 unspecified atom stereocenters. The summed E-state index contributed by atoms with van der Waals surface area (Å²) in [5, 5.41) is 17.1.